The van der Waals surface area contributed by atoms with Crippen molar-refractivity contribution in [2.24, 2.45) is 0 Å². The molecule has 0 aromatic heterocycles. The Hall–Kier alpha value is -3.13. The van der Waals surface area contributed by atoms with Gasteiger partial charge in [0, 0.05) is 30.3 Å². The molecule has 2 aromatic carbocycles. The summed E-state index contributed by atoms with van der Waals surface area (Å²) in [5, 5.41) is 11.9. The molecule has 25 heavy (non-hydrogen) atoms. The molecular weight excluding hydrogens is 314 g/mol. The third-order valence-corrected chi connectivity index (χ3v) is 4.32. The standard InChI is InChI=1S/C20H19N3O2/c21-13-15-6-4-9-17(12-15)19(24)22-18-10-5-11-23(14-18)20(25)16-7-2-1-3-8-16/h1-4,6-9,12,18H,5,10-11,14H2,(H,22,24)/t18-/m0/s1. The van der Waals surface area contributed by atoms with Gasteiger partial charge >= 0.3 is 0 Å². The van der Waals surface area contributed by atoms with E-state index in [0.29, 0.717) is 29.8 Å². The Balaban J connectivity index is 1.64. The number of nitrogens with zero attached hydrogens (tertiary/aromatic N) is 2. The highest BCUT2D eigenvalue weighted by molar-refractivity contribution is 5.95. The monoisotopic (exact) mass is 333 g/mol. The van der Waals surface area contributed by atoms with Crippen molar-refractivity contribution >= 4 is 11.8 Å². The predicted molar refractivity (Wildman–Crippen MR) is 94.0 cm³/mol. The van der Waals surface area contributed by atoms with E-state index in [1.165, 1.54) is 0 Å². The first-order chi connectivity index (χ1) is 12.2. The van der Waals surface area contributed by atoms with Gasteiger partial charge in [0.1, 0.15) is 0 Å². The zero-order valence-corrected chi connectivity index (χ0v) is 13.8. The van der Waals surface area contributed by atoms with E-state index in [2.05, 4.69) is 5.32 Å². The van der Waals surface area contributed by atoms with Crippen LogP contribution in [0.5, 0.6) is 0 Å². The zero-order chi connectivity index (χ0) is 17.6. The second kappa shape index (κ2) is 7.63. The number of amides is 2. The molecule has 1 atom stereocenters. The molecule has 126 valence electrons. The first kappa shape index (κ1) is 16.7. The summed E-state index contributed by atoms with van der Waals surface area (Å²) in [6.07, 6.45) is 1.68. The van der Waals surface area contributed by atoms with Crippen LogP contribution in [0.2, 0.25) is 0 Å². The van der Waals surface area contributed by atoms with Crippen LogP contribution in [0.4, 0.5) is 0 Å². The van der Waals surface area contributed by atoms with Crippen molar-refractivity contribution in [3.63, 3.8) is 0 Å². The van der Waals surface area contributed by atoms with Gasteiger partial charge in [0.15, 0.2) is 0 Å². The van der Waals surface area contributed by atoms with Crippen molar-refractivity contribution in [2.75, 3.05) is 13.1 Å². The second-order valence-corrected chi connectivity index (χ2v) is 6.12. The molecule has 0 aliphatic carbocycles. The van der Waals surface area contributed by atoms with E-state index in [0.717, 1.165) is 12.8 Å². The summed E-state index contributed by atoms with van der Waals surface area (Å²) in [5.74, 6) is -0.220. The fourth-order valence-corrected chi connectivity index (χ4v) is 3.04. The fourth-order valence-electron chi connectivity index (χ4n) is 3.04. The summed E-state index contributed by atoms with van der Waals surface area (Å²) in [5.41, 5.74) is 1.58. The number of benzene rings is 2. The third kappa shape index (κ3) is 4.04. The molecule has 0 radical (unpaired) electrons. The van der Waals surface area contributed by atoms with Gasteiger partial charge in [-0.1, -0.05) is 24.3 Å². The van der Waals surface area contributed by atoms with E-state index >= 15 is 0 Å². The van der Waals surface area contributed by atoms with Crippen LogP contribution >= 0.6 is 0 Å². The van der Waals surface area contributed by atoms with Crippen LogP contribution in [0.3, 0.4) is 0 Å². The second-order valence-electron chi connectivity index (χ2n) is 6.12. The van der Waals surface area contributed by atoms with E-state index in [4.69, 9.17) is 5.26 Å². The molecule has 1 aliphatic heterocycles. The Labute approximate surface area is 146 Å². The number of rotatable bonds is 3. The first-order valence-corrected chi connectivity index (χ1v) is 8.33. The maximum absolute atomic E-state index is 12.6. The largest absolute Gasteiger partial charge is 0.348 e. The molecule has 3 rings (SSSR count). The topological polar surface area (TPSA) is 73.2 Å². The van der Waals surface area contributed by atoms with Crippen molar-refractivity contribution in [1.29, 1.82) is 5.26 Å². The fraction of sp³-hybridized carbons (Fsp3) is 0.250. The van der Waals surface area contributed by atoms with Gasteiger partial charge in [0.25, 0.3) is 11.8 Å². The molecule has 2 aromatic rings. The maximum Gasteiger partial charge on any atom is 0.253 e. The average Bonchev–Trinajstić information content (AvgIpc) is 2.68. The van der Waals surface area contributed by atoms with Crippen LogP contribution in [0.1, 0.15) is 39.1 Å². The van der Waals surface area contributed by atoms with Gasteiger partial charge < -0.3 is 10.2 Å². The molecule has 1 heterocycles. The van der Waals surface area contributed by atoms with Gasteiger partial charge in [-0.05, 0) is 43.2 Å². The summed E-state index contributed by atoms with van der Waals surface area (Å²) in [7, 11) is 0. The van der Waals surface area contributed by atoms with E-state index in [1.54, 1.807) is 41.3 Å². The molecule has 0 saturated carbocycles. The van der Waals surface area contributed by atoms with Gasteiger partial charge in [-0.3, -0.25) is 9.59 Å². The molecule has 1 saturated heterocycles. The maximum atomic E-state index is 12.6. The molecule has 5 nitrogen and oxygen atoms in total. The van der Waals surface area contributed by atoms with Gasteiger partial charge in [-0.15, -0.1) is 0 Å². The van der Waals surface area contributed by atoms with Crippen LogP contribution in [0.25, 0.3) is 0 Å². The Morgan fingerprint density at radius 2 is 1.84 bits per heavy atom. The van der Waals surface area contributed by atoms with E-state index in [9.17, 15) is 9.59 Å². The normalized spacial score (nSPS) is 16.8. The SMILES string of the molecule is N#Cc1cccc(C(=O)N[C@H]2CCCN(C(=O)c3ccccc3)C2)c1. The smallest absolute Gasteiger partial charge is 0.253 e. The number of nitriles is 1. The minimum Gasteiger partial charge on any atom is -0.348 e. The number of nitrogens with one attached hydrogen (secondary N) is 1. The van der Waals surface area contributed by atoms with E-state index in [1.807, 2.05) is 24.3 Å². The average molecular weight is 333 g/mol. The van der Waals surface area contributed by atoms with Crippen molar-refractivity contribution in [3.05, 3.63) is 71.3 Å². The summed E-state index contributed by atoms with van der Waals surface area (Å²) in [6.45, 7) is 1.20. The Morgan fingerprint density at radius 1 is 1.08 bits per heavy atom. The van der Waals surface area contributed by atoms with Crippen LogP contribution in [-0.2, 0) is 0 Å². The molecule has 1 fully saturated rings. The Kier molecular flexibility index (Phi) is 5.10. The molecule has 2 amide bonds. The first-order valence-electron chi connectivity index (χ1n) is 8.33. The summed E-state index contributed by atoms with van der Waals surface area (Å²) < 4.78 is 0. The summed E-state index contributed by atoms with van der Waals surface area (Å²) in [6, 6.07) is 17.7. The minimum absolute atomic E-state index is 0.00831. The summed E-state index contributed by atoms with van der Waals surface area (Å²) in [4.78, 5) is 26.8. The van der Waals surface area contributed by atoms with Crippen LogP contribution in [0.15, 0.2) is 54.6 Å². The quantitative estimate of drug-likeness (QED) is 0.938. The highest BCUT2D eigenvalue weighted by atomic mass is 16.2. The lowest BCUT2D eigenvalue weighted by atomic mass is 10.0. The molecule has 1 aliphatic rings. The van der Waals surface area contributed by atoms with Crippen molar-refractivity contribution < 1.29 is 9.59 Å². The third-order valence-electron chi connectivity index (χ3n) is 4.32. The zero-order valence-electron chi connectivity index (χ0n) is 13.8. The number of piperidine rings is 1. The highest BCUT2D eigenvalue weighted by Gasteiger charge is 2.25. The van der Waals surface area contributed by atoms with E-state index in [-0.39, 0.29) is 17.9 Å². The van der Waals surface area contributed by atoms with Crippen molar-refractivity contribution in [1.82, 2.24) is 10.2 Å². The van der Waals surface area contributed by atoms with Gasteiger partial charge in [0.05, 0.1) is 11.6 Å². The lowest BCUT2D eigenvalue weighted by molar-refractivity contribution is 0.0676. The highest BCUT2D eigenvalue weighted by Crippen LogP contribution is 2.15. The lowest BCUT2D eigenvalue weighted by Gasteiger charge is -2.33. The van der Waals surface area contributed by atoms with E-state index < -0.39 is 0 Å². The number of carbonyl (C=O) groups is 2. The lowest BCUT2D eigenvalue weighted by Crippen LogP contribution is -2.49. The van der Waals surface area contributed by atoms with Crippen LogP contribution in [-0.4, -0.2) is 35.8 Å². The van der Waals surface area contributed by atoms with Gasteiger partial charge in [-0.25, -0.2) is 0 Å². The van der Waals surface area contributed by atoms with Crippen LogP contribution < -0.4 is 5.32 Å². The van der Waals surface area contributed by atoms with Crippen molar-refractivity contribution in [3.8, 4) is 6.07 Å². The molecular formula is C20H19N3O2. The Bertz CT molecular complexity index is 811. The number of likely N-dealkylation sites (tertiary alicyclic amines) is 1. The van der Waals surface area contributed by atoms with Crippen LogP contribution in [0, 0.1) is 11.3 Å². The van der Waals surface area contributed by atoms with Crippen molar-refractivity contribution in [2.45, 2.75) is 18.9 Å². The number of carbonyl (C=O) groups excluding carboxylic acids is 2. The number of hydrogen-bond donors (Lipinski definition) is 1. The molecule has 1 N–H and O–H groups in total. The molecule has 5 heteroatoms. The molecule has 0 bridgehead atoms. The van der Waals surface area contributed by atoms with Gasteiger partial charge in [-0.2, -0.15) is 5.26 Å². The summed E-state index contributed by atoms with van der Waals surface area (Å²) >= 11 is 0. The minimum atomic E-state index is -0.212. The molecule has 0 spiro atoms. The Morgan fingerprint density at radius 3 is 2.60 bits per heavy atom. The van der Waals surface area contributed by atoms with Gasteiger partial charge in [0.2, 0.25) is 0 Å². The number of hydrogen-bond acceptors (Lipinski definition) is 3. The predicted octanol–water partition coefficient (Wildman–Crippen LogP) is 2.59. The molecule has 0 unspecified atom stereocenters.